The Morgan fingerprint density at radius 2 is 1.46 bits per heavy atom. The molecule has 0 aliphatic rings. The van der Waals surface area contributed by atoms with Gasteiger partial charge in [0.1, 0.15) is 28.6 Å². The number of aromatic hydroxyl groups is 5. The zero-order valence-electron chi connectivity index (χ0n) is 14.6. The van der Waals surface area contributed by atoms with Crippen molar-refractivity contribution >= 4 is 5.78 Å². The maximum atomic E-state index is 12.9. The normalized spacial score (nSPS) is 10.4. The monoisotopic (exact) mass is 360 g/mol. The molecule has 2 aromatic rings. The number of benzene rings is 2. The van der Waals surface area contributed by atoms with Crippen molar-refractivity contribution in [1.82, 2.24) is 0 Å². The number of hydrogen-bond donors (Lipinski definition) is 5. The fraction of sp³-hybridized carbons (Fsp3) is 0.211. The quantitative estimate of drug-likeness (QED) is 0.410. The van der Waals surface area contributed by atoms with Crippen molar-refractivity contribution in [3.05, 3.63) is 46.5 Å². The van der Waals surface area contributed by atoms with Crippen LogP contribution in [0.3, 0.4) is 0 Å². The van der Waals surface area contributed by atoms with Gasteiger partial charge in [-0.05, 0) is 20.3 Å². The molecule has 7 heteroatoms. The first-order chi connectivity index (χ1) is 12.2. The van der Waals surface area contributed by atoms with E-state index in [1.807, 2.05) is 13.8 Å². The number of phenolic OH excluding ortho intramolecular Hbond substituents is 5. The molecule has 138 valence electrons. The molecule has 0 fully saturated rings. The highest BCUT2D eigenvalue weighted by Gasteiger charge is 2.28. The first-order valence-corrected chi connectivity index (χ1v) is 7.72. The molecular formula is C19H20O7. The van der Waals surface area contributed by atoms with Gasteiger partial charge in [0, 0.05) is 23.8 Å². The molecule has 0 bridgehead atoms. The highest BCUT2D eigenvalue weighted by Crippen LogP contribution is 2.42. The van der Waals surface area contributed by atoms with Gasteiger partial charge in [-0.15, -0.1) is 0 Å². The molecular weight excluding hydrogens is 340 g/mol. The summed E-state index contributed by atoms with van der Waals surface area (Å²) in [6.07, 6.45) is 1.93. The highest BCUT2D eigenvalue weighted by molar-refractivity contribution is 6.15. The van der Waals surface area contributed by atoms with Crippen molar-refractivity contribution < 1.29 is 35.1 Å². The molecule has 7 nitrogen and oxygen atoms in total. The Kier molecular flexibility index (Phi) is 5.30. The van der Waals surface area contributed by atoms with E-state index in [2.05, 4.69) is 0 Å². The highest BCUT2D eigenvalue weighted by atomic mass is 16.5. The van der Waals surface area contributed by atoms with Crippen LogP contribution in [0.2, 0.25) is 0 Å². The van der Waals surface area contributed by atoms with Gasteiger partial charge in [-0.25, -0.2) is 0 Å². The predicted octanol–water partition coefficient (Wildman–Crippen LogP) is 2.96. The lowest BCUT2D eigenvalue weighted by Crippen LogP contribution is -2.08. The van der Waals surface area contributed by atoms with Gasteiger partial charge in [-0.1, -0.05) is 11.6 Å². The van der Waals surface area contributed by atoms with Crippen molar-refractivity contribution in [2.24, 2.45) is 0 Å². The molecule has 0 spiro atoms. The summed E-state index contributed by atoms with van der Waals surface area (Å²) < 4.78 is 5.16. The second kappa shape index (κ2) is 7.26. The van der Waals surface area contributed by atoms with Crippen LogP contribution >= 0.6 is 0 Å². The van der Waals surface area contributed by atoms with Crippen LogP contribution < -0.4 is 4.74 Å². The molecule has 0 saturated heterocycles. The summed E-state index contributed by atoms with van der Waals surface area (Å²) >= 11 is 0. The topological polar surface area (TPSA) is 127 Å². The Hall–Kier alpha value is -3.35. The zero-order chi connectivity index (χ0) is 19.6. The summed E-state index contributed by atoms with van der Waals surface area (Å²) in [6.45, 7) is 3.68. The molecule has 0 radical (unpaired) electrons. The van der Waals surface area contributed by atoms with E-state index in [9.17, 15) is 30.3 Å². The van der Waals surface area contributed by atoms with Crippen LogP contribution in [0.25, 0.3) is 0 Å². The van der Waals surface area contributed by atoms with Gasteiger partial charge in [-0.3, -0.25) is 4.79 Å². The van der Waals surface area contributed by atoms with Gasteiger partial charge >= 0.3 is 0 Å². The average Bonchev–Trinajstić information content (AvgIpc) is 2.51. The molecule has 0 amide bonds. The van der Waals surface area contributed by atoms with E-state index < -0.39 is 34.3 Å². The second-order valence-electron chi connectivity index (χ2n) is 5.98. The number of methoxy groups -OCH3 is 1. The summed E-state index contributed by atoms with van der Waals surface area (Å²) in [5, 5.41) is 49.6. The van der Waals surface area contributed by atoms with Crippen molar-refractivity contribution in [3.63, 3.8) is 0 Å². The Labute approximate surface area is 150 Å². The standard InChI is InChI=1S/C19H20O7/c1-9(2)4-5-11-16(14(23)8-15(24)19(11)26-3)18(25)17-12(21)6-10(20)7-13(17)22/h4,6-8,20-24H,5H2,1-3H3. The number of carbonyl (C=O) groups excluding carboxylic acids is 1. The Morgan fingerprint density at radius 3 is 1.96 bits per heavy atom. The van der Waals surface area contributed by atoms with E-state index in [1.54, 1.807) is 6.08 Å². The number of ether oxygens (including phenoxy) is 1. The zero-order valence-corrected chi connectivity index (χ0v) is 14.6. The number of ketones is 1. The van der Waals surface area contributed by atoms with Gasteiger partial charge in [0.25, 0.3) is 0 Å². The lowest BCUT2D eigenvalue weighted by atomic mass is 9.92. The minimum atomic E-state index is -0.882. The maximum Gasteiger partial charge on any atom is 0.204 e. The van der Waals surface area contributed by atoms with Gasteiger partial charge in [-0.2, -0.15) is 0 Å². The van der Waals surface area contributed by atoms with Crippen molar-refractivity contribution in [1.29, 1.82) is 0 Å². The van der Waals surface area contributed by atoms with Gasteiger partial charge in [0.15, 0.2) is 11.5 Å². The number of hydrogen-bond acceptors (Lipinski definition) is 7. The summed E-state index contributed by atoms with van der Waals surface area (Å²) in [4.78, 5) is 12.9. The van der Waals surface area contributed by atoms with E-state index in [0.717, 1.165) is 23.8 Å². The largest absolute Gasteiger partial charge is 0.508 e. The molecule has 26 heavy (non-hydrogen) atoms. The van der Waals surface area contributed by atoms with Crippen LogP contribution in [0.5, 0.6) is 34.5 Å². The average molecular weight is 360 g/mol. The van der Waals surface area contributed by atoms with Crippen LogP contribution in [0.15, 0.2) is 29.8 Å². The number of phenols is 5. The maximum absolute atomic E-state index is 12.9. The lowest BCUT2D eigenvalue weighted by Gasteiger charge is -2.16. The van der Waals surface area contributed by atoms with Crippen LogP contribution in [0, 0.1) is 0 Å². The SMILES string of the molecule is COc1c(O)cc(O)c(C(=O)c2c(O)cc(O)cc2O)c1CC=C(C)C. The molecule has 5 N–H and O–H groups in total. The van der Waals surface area contributed by atoms with Gasteiger partial charge < -0.3 is 30.3 Å². The van der Waals surface area contributed by atoms with Crippen LogP contribution in [-0.4, -0.2) is 38.4 Å². The predicted molar refractivity (Wildman–Crippen MR) is 94.3 cm³/mol. The molecule has 0 aliphatic carbocycles. The van der Waals surface area contributed by atoms with Crippen molar-refractivity contribution in [2.75, 3.05) is 7.11 Å². The molecule has 0 unspecified atom stereocenters. The van der Waals surface area contributed by atoms with Crippen LogP contribution in [0.1, 0.15) is 35.3 Å². The fourth-order valence-electron chi connectivity index (χ4n) is 2.63. The minimum absolute atomic E-state index is 0.00130. The lowest BCUT2D eigenvalue weighted by molar-refractivity contribution is 0.103. The summed E-state index contributed by atoms with van der Waals surface area (Å²) in [5.74, 6) is -3.47. The van der Waals surface area contributed by atoms with Crippen molar-refractivity contribution in [3.8, 4) is 34.5 Å². The molecule has 0 aliphatic heterocycles. The first-order valence-electron chi connectivity index (χ1n) is 7.72. The van der Waals surface area contributed by atoms with Crippen molar-refractivity contribution in [2.45, 2.75) is 20.3 Å². The Morgan fingerprint density at radius 1 is 0.923 bits per heavy atom. The van der Waals surface area contributed by atoms with Crippen LogP contribution in [-0.2, 0) is 6.42 Å². The van der Waals surface area contributed by atoms with E-state index in [0.29, 0.717) is 0 Å². The Balaban J connectivity index is 2.76. The molecule has 2 rings (SSSR count). The number of rotatable bonds is 5. The van der Waals surface area contributed by atoms with E-state index in [4.69, 9.17) is 4.74 Å². The third-order valence-corrected chi connectivity index (χ3v) is 3.79. The van der Waals surface area contributed by atoms with E-state index in [1.165, 1.54) is 7.11 Å². The third-order valence-electron chi connectivity index (χ3n) is 3.79. The summed E-state index contributed by atoms with van der Waals surface area (Å²) in [6, 6.07) is 2.75. The summed E-state index contributed by atoms with van der Waals surface area (Å²) in [5.41, 5.74) is 0.421. The number of allylic oxidation sites excluding steroid dienone is 2. The van der Waals surface area contributed by atoms with Gasteiger partial charge in [0.05, 0.1) is 12.7 Å². The van der Waals surface area contributed by atoms with E-state index in [-0.39, 0.29) is 29.0 Å². The fourth-order valence-corrected chi connectivity index (χ4v) is 2.63. The summed E-state index contributed by atoms with van der Waals surface area (Å²) in [7, 11) is 1.31. The molecule has 0 saturated carbocycles. The molecule has 0 heterocycles. The molecule has 2 aromatic carbocycles. The third kappa shape index (κ3) is 3.51. The van der Waals surface area contributed by atoms with E-state index >= 15 is 0 Å². The Bertz CT molecular complexity index is 870. The molecule has 0 aromatic heterocycles. The van der Waals surface area contributed by atoms with Gasteiger partial charge in [0.2, 0.25) is 5.78 Å². The first kappa shape index (κ1) is 19.0. The smallest absolute Gasteiger partial charge is 0.204 e. The molecule has 0 atom stereocenters. The van der Waals surface area contributed by atoms with Crippen LogP contribution in [0.4, 0.5) is 0 Å². The minimum Gasteiger partial charge on any atom is -0.508 e. The second-order valence-corrected chi connectivity index (χ2v) is 5.98. The number of carbonyl (C=O) groups is 1.